The molecule has 1 atom stereocenters. The number of aromatic nitrogens is 3. The van der Waals surface area contributed by atoms with Gasteiger partial charge in [-0.05, 0) is 45.7 Å². The molecule has 1 aliphatic carbocycles. The topological polar surface area (TPSA) is 107 Å². The highest BCUT2D eigenvalue weighted by Gasteiger charge is 2.30. The van der Waals surface area contributed by atoms with Crippen LogP contribution in [0.1, 0.15) is 45.2 Å². The van der Waals surface area contributed by atoms with Crippen molar-refractivity contribution in [3.8, 4) is 5.88 Å². The molecule has 0 aromatic carbocycles. The number of carbonyl (C=O) groups is 1. The Labute approximate surface area is 190 Å². The van der Waals surface area contributed by atoms with Crippen molar-refractivity contribution in [3.05, 3.63) is 30.2 Å². The number of hydrogen-bond acceptors (Lipinski definition) is 8. The van der Waals surface area contributed by atoms with Crippen LogP contribution in [0, 0.1) is 6.92 Å². The number of ether oxygens (including phenoxy) is 2. The van der Waals surface area contributed by atoms with E-state index in [-0.39, 0.29) is 23.6 Å². The minimum absolute atomic E-state index is 0.0269. The smallest absolute Gasteiger partial charge is 0.410 e. The van der Waals surface area contributed by atoms with Crippen LogP contribution < -0.4 is 10.1 Å². The second-order valence-corrected chi connectivity index (χ2v) is 10.1. The van der Waals surface area contributed by atoms with E-state index in [0.717, 1.165) is 24.2 Å². The molecule has 1 aliphatic heterocycles. The minimum Gasteiger partial charge on any atom is -0.474 e. The molecule has 2 fully saturated rings. The van der Waals surface area contributed by atoms with Crippen LogP contribution in [0.3, 0.4) is 0 Å². The molecule has 32 heavy (non-hydrogen) atoms. The van der Waals surface area contributed by atoms with Crippen LogP contribution in [0.15, 0.2) is 29.6 Å². The number of aryl methyl sites for hydroxylation is 1. The van der Waals surface area contributed by atoms with E-state index in [1.54, 1.807) is 17.0 Å². The number of nitrogens with zero attached hydrogens (tertiary/aromatic N) is 4. The third kappa shape index (κ3) is 5.73. The van der Waals surface area contributed by atoms with E-state index in [2.05, 4.69) is 20.3 Å². The maximum Gasteiger partial charge on any atom is 0.410 e. The average Bonchev–Trinajstić information content (AvgIpc) is 3.60. The first-order valence-electron chi connectivity index (χ1n) is 11.0. The Balaban J connectivity index is 1.33. The van der Waals surface area contributed by atoms with Crippen LogP contribution in [-0.2, 0) is 15.5 Å². The summed E-state index contributed by atoms with van der Waals surface area (Å²) in [7, 11) is -1.02. The van der Waals surface area contributed by atoms with Crippen molar-refractivity contribution in [1.82, 2.24) is 19.9 Å². The summed E-state index contributed by atoms with van der Waals surface area (Å²) in [6.07, 6.45) is 4.47. The van der Waals surface area contributed by atoms with Crippen LogP contribution in [0.25, 0.3) is 0 Å². The van der Waals surface area contributed by atoms with Gasteiger partial charge in [0.05, 0.1) is 28.3 Å². The first-order chi connectivity index (χ1) is 15.4. The molecule has 9 nitrogen and oxygen atoms in total. The zero-order valence-corrected chi connectivity index (χ0v) is 19.4. The summed E-state index contributed by atoms with van der Waals surface area (Å²) >= 11 is 0. The Hall–Kier alpha value is -2.75. The van der Waals surface area contributed by atoms with E-state index in [0.29, 0.717) is 42.7 Å². The van der Waals surface area contributed by atoms with Crippen LogP contribution in [-0.4, -0.2) is 60.7 Å². The van der Waals surface area contributed by atoms with Gasteiger partial charge in [-0.25, -0.2) is 19.7 Å². The molecule has 2 aromatic heterocycles. The number of carbonyl (C=O) groups excluding carboxylic acids is 1. The van der Waals surface area contributed by atoms with Gasteiger partial charge in [-0.15, -0.1) is 0 Å². The third-order valence-corrected chi connectivity index (χ3v) is 7.04. The second kappa shape index (κ2) is 9.81. The first-order valence-corrected chi connectivity index (χ1v) is 12.2. The summed E-state index contributed by atoms with van der Waals surface area (Å²) in [5.41, 5.74) is 1.56. The molecule has 0 radical (unpaired) electrons. The molecule has 4 rings (SSSR count). The molecule has 2 aromatic rings. The quantitative estimate of drug-likeness (QED) is 0.670. The van der Waals surface area contributed by atoms with Gasteiger partial charge in [0.1, 0.15) is 23.3 Å². The van der Waals surface area contributed by atoms with E-state index in [1.165, 1.54) is 6.33 Å². The molecule has 1 saturated carbocycles. The summed E-state index contributed by atoms with van der Waals surface area (Å²) < 4.78 is 23.6. The van der Waals surface area contributed by atoms with Gasteiger partial charge in [0.15, 0.2) is 0 Å². The molecule has 10 heteroatoms. The number of piperidine rings is 1. The van der Waals surface area contributed by atoms with Gasteiger partial charge in [-0.3, -0.25) is 4.21 Å². The SMILES string of the molecule is Cc1nc(S(=O)C2CC2)ccc1Nc1cc(OC2CCN(C(=O)OC(C)C)CC2)ncn1. The van der Waals surface area contributed by atoms with Crippen molar-refractivity contribution < 1.29 is 18.5 Å². The summed E-state index contributed by atoms with van der Waals surface area (Å²) in [4.78, 5) is 26.7. The number of amides is 1. The number of likely N-dealkylation sites (tertiary alicyclic amines) is 1. The Morgan fingerprint density at radius 3 is 2.59 bits per heavy atom. The van der Waals surface area contributed by atoms with Gasteiger partial charge in [0, 0.05) is 37.2 Å². The lowest BCUT2D eigenvalue weighted by atomic mass is 10.1. The summed E-state index contributed by atoms with van der Waals surface area (Å²) in [5, 5.41) is 4.13. The standard InChI is InChI=1S/C22H29N5O4S/c1-14(2)30-22(28)27-10-8-16(9-11-27)31-20-12-19(23-13-24-20)26-18-6-7-21(25-15(18)3)32(29)17-4-5-17/h6-7,12-14,16-17H,4-5,8-11H2,1-3H3,(H,23,24,26). The van der Waals surface area contributed by atoms with Gasteiger partial charge in [-0.2, -0.15) is 0 Å². The van der Waals surface area contributed by atoms with Crippen LogP contribution in [0.4, 0.5) is 16.3 Å². The first kappa shape index (κ1) is 22.4. The fourth-order valence-electron chi connectivity index (χ4n) is 3.45. The van der Waals surface area contributed by atoms with Gasteiger partial charge in [-0.1, -0.05) is 0 Å². The highest BCUT2D eigenvalue weighted by molar-refractivity contribution is 7.85. The number of hydrogen-bond donors (Lipinski definition) is 1. The monoisotopic (exact) mass is 459 g/mol. The van der Waals surface area contributed by atoms with Crippen LogP contribution in [0.2, 0.25) is 0 Å². The summed E-state index contributed by atoms with van der Waals surface area (Å²) in [6, 6.07) is 5.43. The van der Waals surface area contributed by atoms with E-state index < -0.39 is 10.8 Å². The molecule has 1 saturated heterocycles. The van der Waals surface area contributed by atoms with E-state index in [9.17, 15) is 9.00 Å². The maximum atomic E-state index is 12.3. The lowest BCUT2D eigenvalue weighted by molar-refractivity contribution is 0.0507. The summed E-state index contributed by atoms with van der Waals surface area (Å²) in [6.45, 7) is 6.75. The zero-order chi connectivity index (χ0) is 22.7. The normalized spacial score (nSPS) is 17.8. The van der Waals surface area contributed by atoms with Crippen molar-refractivity contribution in [2.45, 2.75) is 68.9 Å². The molecule has 0 spiro atoms. The van der Waals surface area contributed by atoms with Crippen molar-refractivity contribution >= 4 is 28.4 Å². The molecule has 3 heterocycles. The largest absolute Gasteiger partial charge is 0.474 e. The lowest BCUT2D eigenvalue weighted by Gasteiger charge is -2.31. The molecule has 1 amide bonds. The predicted molar refractivity (Wildman–Crippen MR) is 121 cm³/mol. The van der Waals surface area contributed by atoms with Crippen molar-refractivity contribution in [3.63, 3.8) is 0 Å². The fourth-order valence-corrected chi connectivity index (χ4v) is 4.78. The van der Waals surface area contributed by atoms with Gasteiger partial charge in [0.25, 0.3) is 0 Å². The Kier molecular flexibility index (Phi) is 6.88. The van der Waals surface area contributed by atoms with Gasteiger partial charge < -0.3 is 19.7 Å². The molecular formula is C22H29N5O4S. The van der Waals surface area contributed by atoms with E-state index in [4.69, 9.17) is 9.47 Å². The van der Waals surface area contributed by atoms with Crippen LogP contribution >= 0.6 is 0 Å². The minimum atomic E-state index is -1.02. The fraction of sp³-hybridized carbons (Fsp3) is 0.545. The molecule has 1 N–H and O–H groups in total. The predicted octanol–water partition coefficient (Wildman–Crippen LogP) is 3.58. The Morgan fingerprint density at radius 1 is 1.19 bits per heavy atom. The maximum absolute atomic E-state index is 12.3. The molecule has 0 bridgehead atoms. The van der Waals surface area contributed by atoms with Crippen LogP contribution in [0.5, 0.6) is 5.88 Å². The van der Waals surface area contributed by atoms with Crippen molar-refractivity contribution in [1.29, 1.82) is 0 Å². The van der Waals surface area contributed by atoms with Gasteiger partial charge >= 0.3 is 6.09 Å². The number of nitrogens with one attached hydrogen (secondary N) is 1. The lowest BCUT2D eigenvalue weighted by Crippen LogP contribution is -2.42. The molecule has 2 aliphatic rings. The van der Waals surface area contributed by atoms with Crippen molar-refractivity contribution in [2.75, 3.05) is 18.4 Å². The highest BCUT2D eigenvalue weighted by atomic mass is 32.2. The molecule has 1 unspecified atom stereocenters. The summed E-state index contributed by atoms with van der Waals surface area (Å²) in [5.74, 6) is 1.07. The number of rotatable bonds is 7. The van der Waals surface area contributed by atoms with Crippen molar-refractivity contribution in [2.24, 2.45) is 0 Å². The zero-order valence-electron chi connectivity index (χ0n) is 18.6. The number of pyridine rings is 1. The Bertz CT molecular complexity index is 990. The average molecular weight is 460 g/mol. The Morgan fingerprint density at radius 2 is 1.94 bits per heavy atom. The third-order valence-electron chi connectivity index (χ3n) is 5.32. The molecular weight excluding hydrogens is 430 g/mol. The van der Waals surface area contributed by atoms with E-state index >= 15 is 0 Å². The van der Waals surface area contributed by atoms with Gasteiger partial charge in [0.2, 0.25) is 5.88 Å². The highest BCUT2D eigenvalue weighted by Crippen LogP contribution is 2.30. The second-order valence-electron chi connectivity index (χ2n) is 8.38. The number of anilines is 2. The van der Waals surface area contributed by atoms with E-state index in [1.807, 2.05) is 26.8 Å². The molecule has 172 valence electrons.